The Bertz CT molecular complexity index is 612. The van der Waals surface area contributed by atoms with Gasteiger partial charge in [0.15, 0.2) is 0 Å². The highest BCUT2D eigenvalue weighted by molar-refractivity contribution is 5.85. The first-order valence-electron chi connectivity index (χ1n) is 7.13. The molecular weight excluding hydrogens is 321 g/mol. The van der Waals surface area contributed by atoms with Gasteiger partial charge in [-0.1, -0.05) is 18.2 Å². The predicted octanol–water partition coefficient (Wildman–Crippen LogP) is 2.35. The number of benzene rings is 1. The van der Waals surface area contributed by atoms with Gasteiger partial charge in [0.1, 0.15) is 0 Å². The molecule has 6 heteroatoms. The third kappa shape index (κ3) is 4.57. The summed E-state index contributed by atoms with van der Waals surface area (Å²) in [5, 5.41) is 7.36. The number of halogens is 2. The molecule has 1 saturated heterocycles. The van der Waals surface area contributed by atoms with E-state index in [0.29, 0.717) is 12.3 Å². The average molecular weight is 342 g/mol. The lowest BCUT2D eigenvalue weighted by Crippen LogP contribution is -2.48. The van der Waals surface area contributed by atoms with Crippen molar-refractivity contribution in [2.24, 2.45) is 5.92 Å². The molecule has 1 fully saturated rings. The molecule has 0 bridgehead atoms. The van der Waals surface area contributed by atoms with E-state index in [-0.39, 0.29) is 30.7 Å². The lowest BCUT2D eigenvalue weighted by atomic mass is 10.0. The standard InChI is InChI=1S/C16H19N3O.2ClH/c20-16(19-11-12-9-17-10-12)6-5-13-7-8-18-15-4-2-1-3-14(13)15;;/h1-4,7-8,12,17H,5-6,9-11H2,(H,19,20);2*1H. The van der Waals surface area contributed by atoms with Crippen LogP contribution in [0.2, 0.25) is 0 Å². The Balaban J connectivity index is 0.00000121. The Hall–Kier alpha value is -1.36. The fraction of sp³-hybridized carbons (Fsp3) is 0.375. The Kier molecular flexibility index (Phi) is 7.59. The van der Waals surface area contributed by atoms with Crippen molar-refractivity contribution in [3.05, 3.63) is 42.1 Å². The van der Waals surface area contributed by atoms with Crippen LogP contribution in [0.1, 0.15) is 12.0 Å². The van der Waals surface area contributed by atoms with Crippen molar-refractivity contribution in [2.45, 2.75) is 12.8 Å². The van der Waals surface area contributed by atoms with Crippen LogP contribution in [0, 0.1) is 5.92 Å². The normalized spacial score (nSPS) is 13.6. The van der Waals surface area contributed by atoms with Crippen molar-refractivity contribution in [3.8, 4) is 0 Å². The van der Waals surface area contributed by atoms with E-state index in [0.717, 1.165) is 37.0 Å². The van der Waals surface area contributed by atoms with E-state index in [9.17, 15) is 4.79 Å². The number of nitrogens with zero attached hydrogens (tertiary/aromatic N) is 1. The molecule has 1 aliphatic rings. The van der Waals surface area contributed by atoms with Crippen molar-refractivity contribution in [1.29, 1.82) is 0 Å². The van der Waals surface area contributed by atoms with Gasteiger partial charge in [-0.15, -0.1) is 24.8 Å². The third-order valence-electron chi connectivity index (χ3n) is 3.81. The van der Waals surface area contributed by atoms with Crippen LogP contribution in [0.5, 0.6) is 0 Å². The van der Waals surface area contributed by atoms with Crippen LogP contribution in [0.4, 0.5) is 0 Å². The van der Waals surface area contributed by atoms with E-state index >= 15 is 0 Å². The lowest BCUT2D eigenvalue weighted by molar-refractivity contribution is -0.121. The second-order valence-corrected chi connectivity index (χ2v) is 5.32. The smallest absolute Gasteiger partial charge is 0.220 e. The zero-order chi connectivity index (χ0) is 13.8. The molecule has 0 unspecified atom stereocenters. The summed E-state index contributed by atoms with van der Waals surface area (Å²) in [4.78, 5) is 16.2. The number of fused-ring (bicyclic) bond motifs is 1. The number of rotatable bonds is 5. The maximum Gasteiger partial charge on any atom is 0.220 e. The molecule has 0 atom stereocenters. The van der Waals surface area contributed by atoms with Gasteiger partial charge in [0, 0.05) is 43.6 Å². The summed E-state index contributed by atoms with van der Waals surface area (Å²) in [5.74, 6) is 0.749. The fourth-order valence-corrected chi connectivity index (χ4v) is 2.46. The van der Waals surface area contributed by atoms with Crippen molar-refractivity contribution in [3.63, 3.8) is 0 Å². The van der Waals surface area contributed by atoms with E-state index in [1.165, 1.54) is 5.56 Å². The maximum absolute atomic E-state index is 11.8. The Morgan fingerprint density at radius 3 is 2.73 bits per heavy atom. The van der Waals surface area contributed by atoms with Gasteiger partial charge in [-0.3, -0.25) is 9.78 Å². The topological polar surface area (TPSA) is 54.0 Å². The van der Waals surface area contributed by atoms with Gasteiger partial charge in [-0.05, 0) is 24.1 Å². The molecule has 1 aliphatic heterocycles. The number of aromatic nitrogens is 1. The van der Waals surface area contributed by atoms with Crippen molar-refractivity contribution in [2.75, 3.05) is 19.6 Å². The summed E-state index contributed by atoms with van der Waals surface area (Å²) >= 11 is 0. The van der Waals surface area contributed by atoms with Gasteiger partial charge >= 0.3 is 0 Å². The van der Waals surface area contributed by atoms with Crippen LogP contribution in [0.3, 0.4) is 0 Å². The molecule has 3 rings (SSSR count). The van der Waals surface area contributed by atoms with Crippen molar-refractivity contribution >= 4 is 41.6 Å². The summed E-state index contributed by atoms with van der Waals surface area (Å²) in [7, 11) is 0. The Morgan fingerprint density at radius 1 is 1.23 bits per heavy atom. The molecule has 2 heterocycles. The van der Waals surface area contributed by atoms with Crippen LogP contribution in [0.15, 0.2) is 36.5 Å². The highest BCUT2D eigenvalue weighted by Crippen LogP contribution is 2.17. The SMILES string of the molecule is Cl.Cl.O=C(CCc1ccnc2ccccc12)NCC1CNC1. The summed E-state index contributed by atoms with van der Waals surface area (Å²) < 4.78 is 0. The summed E-state index contributed by atoms with van der Waals surface area (Å²) in [5.41, 5.74) is 2.18. The molecule has 1 aromatic carbocycles. The van der Waals surface area contributed by atoms with Crippen LogP contribution in [-0.4, -0.2) is 30.5 Å². The first kappa shape index (κ1) is 18.7. The monoisotopic (exact) mass is 341 g/mol. The number of carbonyl (C=O) groups is 1. The predicted molar refractivity (Wildman–Crippen MR) is 93.9 cm³/mol. The van der Waals surface area contributed by atoms with Gasteiger partial charge in [-0.25, -0.2) is 0 Å². The largest absolute Gasteiger partial charge is 0.356 e. The molecule has 22 heavy (non-hydrogen) atoms. The number of aryl methyl sites for hydroxylation is 1. The van der Waals surface area contributed by atoms with Crippen LogP contribution < -0.4 is 10.6 Å². The molecule has 0 saturated carbocycles. The Morgan fingerprint density at radius 2 is 2.00 bits per heavy atom. The van der Waals surface area contributed by atoms with E-state index < -0.39 is 0 Å². The number of carbonyl (C=O) groups excluding carboxylic acids is 1. The minimum absolute atomic E-state index is 0. The minimum atomic E-state index is 0. The van der Waals surface area contributed by atoms with Crippen molar-refractivity contribution < 1.29 is 4.79 Å². The highest BCUT2D eigenvalue weighted by Gasteiger charge is 2.17. The van der Waals surface area contributed by atoms with E-state index in [1.807, 2.05) is 30.5 Å². The molecule has 0 aliphatic carbocycles. The number of hydrogen-bond acceptors (Lipinski definition) is 3. The third-order valence-corrected chi connectivity index (χ3v) is 3.81. The first-order chi connectivity index (χ1) is 9.83. The molecule has 120 valence electrons. The molecule has 0 radical (unpaired) electrons. The Labute approximate surface area is 142 Å². The number of hydrogen-bond donors (Lipinski definition) is 2. The molecule has 2 N–H and O–H groups in total. The minimum Gasteiger partial charge on any atom is -0.356 e. The number of para-hydroxylation sites is 1. The second kappa shape index (κ2) is 8.93. The zero-order valence-electron chi connectivity index (χ0n) is 12.2. The maximum atomic E-state index is 11.8. The highest BCUT2D eigenvalue weighted by atomic mass is 35.5. The second-order valence-electron chi connectivity index (χ2n) is 5.32. The quantitative estimate of drug-likeness (QED) is 0.877. The molecule has 4 nitrogen and oxygen atoms in total. The zero-order valence-corrected chi connectivity index (χ0v) is 13.9. The van der Waals surface area contributed by atoms with Gasteiger partial charge in [0.05, 0.1) is 5.52 Å². The van der Waals surface area contributed by atoms with Crippen molar-refractivity contribution in [1.82, 2.24) is 15.6 Å². The summed E-state index contributed by atoms with van der Waals surface area (Å²) in [6.45, 7) is 2.84. The van der Waals surface area contributed by atoms with Crippen LogP contribution >= 0.6 is 24.8 Å². The summed E-state index contributed by atoms with van der Waals surface area (Å²) in [6.07, 6.45) is 3.11. The molecule has 2 aromatic rings. The molecule has 0 spiro atoms. The van der Waals surface area contributed by atoms with Gasteiger partial charge in [0.25, 0.3) is 0 Å². The van der Waals surface area contributed by atoms with Crippen LogP contribution in [-0.2, 0) is 11.2 Å². The molecule has 1 aromatic heterocycles. The van der Waals surface area contributed by atoms with E-state index in [1.54, 1.807) is 0 Å². The first-order valence-corrected chi connectivity index (χ1v) is 7.13. The average Bonchev–Trinajstić information content (AvgIpc) is 2.43. The number of pyridine rings is 1. The summed E-state index contributed by atoms with van der Waals surface area (Å²) in [6, 6.07) is 10.1. The fourth-order valence-electron chi connectivity index (χ4n) is 2.46. The van der Waals surface area contributed by atoms with Crippen LogP contribution in [0.25, 0.3) is 10.9 Å². The van der Waals surface area contributed by atoms with Gasteiger partial charge < -0.3 is 10.6 Å². The van der Waals surface area contributed by atoms with Gasteiger partial charge in [-0.2, -0.15) is 0 Å². The number of nitrogens with one attached hydrogen (secondary N) is 2. The number of amides is 1. The van der Waals surface area contributed by atoms with Gasteiger partial charge in [0.2, 0.25) is 5.91 Å². The molecular formula is C16H21Cl2N3O. The lowest BCUT2D eigenvalue weighted by Gasteiger charge is -2.27. The molecule has 1 amide bonds. The van der Waals surface area contributed by atoms with E-state index in [4.69, 9.17) is 0 Å². The van der Waals surface area contributed by atoms with E-state index in [2.05, 4.69) is 21.7 Å².